The van der Waals surface area contributed by atoms with Crippen LogP contribution in [0.25, 0.3) is 11.3 Å². The second kappa shape index (κ2) is 4.05. The van der Waals surface area contributed by atoms with Gasteiger partial charge >= 0.3 is 0 Å². The molecule has 0 aliphatic heterocycles. The zero-order valence-corrected chi connectivity index (χ0v) is 10.2. The Bertz CT molecular complexity index is 530. The van der Waals surface area contributed by atoms with Gasteiger partial charge in [-0.1, -0.05) is 6.07 Å². The molecule has 2 heterocycles. The van der Waals surface area contributed by atoms with Gasteiger partial charge in [-0.05, 0) is 50.5 Å². The van der Waals surface area contributed by atoms with Gasteiger partial charge in [0.25, 0.3) is 0 Å². The van der Waals surface area contributed by atoms with E-state index >= 15 is 0 Å². The van der Waals surface area contributed by atoms with Crippen LogP contribution in [-0.4, -0.2) is 9.97 Å². The van der Waals surface area contributed by atoms with Crippen molar-refractivity contribution in [2.45, 2.75) is 27.7 Å². The Morgan fingerprint density at radius 3 is 2.31 bits per heavy atom. The first-order valence-corrected chi connectivity index (χ1v) is 5.45. The summed E-state index contributed by atoms with van der Waals surface area (Å²) in [6, 6.07) is 4.17. The van der Waals surface area contributed by atoms with Gasteiger partial charge in [0.15, 0.2) is 0 Å². The molecule has 0 aromatic carbocycles. The highest BCUT2D eigenvalue weighted by Crippen LogP contribution is 2.23. The number of nitrogens with zero attached hydrogens (tertiary/aromatic N) is 2. The highest BCUT2D eigenvalue weighted by molar-refractivity contribution is 5.64. The quantitative estimate of drug-likeness (QED) is 0.724. The first-order valence-electron chi connectivity index (χ1n) is 5.45. The molecule has 2 aromatic rings. The molecule has 0 radical (unpaired) electrons. The van der Waals surface area contributed by atoms with E-state index in [1.807, 2.05) is 19.3 Å². The number of hydrogen-bond acceptors (Lipinski definition) is 2. The summed E-state index contributed by atoms with van der Waals surface area (Å²) in [6.07, 6.45) is 3.78. The minimum absolute atomic E-state index is 1.01. The summed E-state index contributed by atoms with van der Waals surface area (Å²) in [5.41, 5.74) is 6.91. The van der Waals surface area contributed by atoms with E-state index in [0.717, 1.165) is 17.0 Å². The second-order valence-corrected chi connectivity index (χ2v) is 4.23. The summed E-state index contributed by atoms with van der Waals surface area (Å²) >= 11 is 0. The van der Waals surface area contributed by atoms with E-state index in [1.165, 1.54) is 16.7 Å². The van der Waals surface area contributed by atoms with Crippen LogP contribution < -0.4 is 0 Å². The van der Waals surface area contributed by atoms with Gasteiger partial charge < -0.3 is 0 Å². The highest BCUT2D eigenvalue weighted by atomic mass is 14.7. The average molecular weight is 212 g/mol. The zero-order valence-electron chi connectivity index (χ0n) is 10.2. The van der Waals surface area contributed by atoms with E-state index in [4.69, 9.17) is 0 Å². The molecule has 0 spiro atoms. The minimum Gasteiger partial charge on any atom is -0.264 e. The zero-order chi connectivity index (χ0) is 11.7. The van der Waals surface area contributed by atoms with E-state index in [2.05, 4.69) is 42.9 Å². The van der Waals surface area contributed by atoms with Crippen LogP contribution in [-0.2, 0) is 0 Å². The Hall–Kier alpha value is -1.70. The number of aryl methyl sites for hydroxylation is 3. The fraction of sp³-hybridized carbons (Fsp3) is 0.286. The topological polar surface area (TPSA) is 25.8 Å². The van der Waals surface area contributed by atoms with Crippen LogP contribution in [0.1, 0.15) is 22.4 Å². The fourth-order valence-electron chi connectivity index (χ4n) is 1.67. The monoisotopic (exact) mass is 212 g/mol. The van der Waals surface area contributed by atoms with Crippen LogP contribution in [0, 0.1) is 27.7 Å². The van der Waals surface area contributed by atoms with Crippen molar-refractivity contribution in [3.63, 3.8) is 0 Å². The van der Waals surface area contributed by atoms with Crippen LogP contribution in [0.3, 0.4) is 0 Å². The maximum atomic E-state index is 4.60. The van der Waals surface area contributed by atoms with Gasteiger partial charge in [-0.2, -0.15) is 0 Å². The third kappa shape index (κ3) is 1.83. The first-order chi connectivity index (χ1) is 7.59. The van der Waals surface area contributed by atoms with Gasteiger partial charge in [-0.25, -0.2) is 0 Å². The summed E-state index contributed by atoms with van der Waals surface area (Å²) in [5.74, 6) is 0. The predicted molar refractivity (Wildman–Crippen MR) is 66.4 cm³/mol. The normalized spacial score (nSPS) is 10.5. The summed E-state index contributed by atoms with van der Waals surface area (Å²) in [6.45, 7) is 8.31. The Morgan fingerprint density at radius 2 is 1.62 bits per heavy atom. The largest absolute Gasteiger partial charge is 0.264 e. The molecule has 0 bridgehead atoms. The van der Waals surface area contributed by atoms with Crippen molar-refractivity contribution in [1.82, 2.24) is 9.97 Å². The Kier molecular flexibility index (Phi) is 2.73. The standard InChI is InChI=1S/C14H16N2/c1-9-5-6-14(16-12(9)4)13-8-15-7-10(2)11(13)3/h5-8H,1-4H3. The first kappa shape index (κ1) is 10.8. The molecule has 2 nitrogen and oxygen atoms in total. The molecule has 0 amide bonds. The number of hydrogen-bond donors (Lipinski definition) is 0. The number of rotatable bonds is 1. The lowest BCUT2D eigenvalue weighted by Crippen LogP contribution is -1.94. The molecular formula is C14H16N2. The van der Waals surface area contributed by atoms with Crippen LogP contribution in [0.15, 0.2) is 24.5 Å². The smallest absolute Gasteiger partial charge is 0.0723 e. The third-order valence-corrected chi connectivity index (χ3v) is 3.09. The lowest BCUT2D eigenvalue weighted by atomic mass is 10.0. The third-order valence-electron chi connectivity index (χ3n) is 3.09. The van der Waals surface area contributed by atoms with Crippen molar-refractivity contribution in [1.29, 1.82) is 0 Å². The van der Waals surface area contributed by atoms with Crippen LogP contribution in [0.2, 0.25) is 0 Å². The molecule has 2 aromatic heterocycles. The molecule has 2 rings (SSSR count). The van der Waals surface area contributed by atoms with E-state index in [1.54, 1.807) is 0 Å². The average Bonchev–Trinajstić information content (AvgIpc) is 2.26. The Morgan fingerprint density at radius 1 is 0.875 bits per heavy atom. The van der Waals surface area contributed by atoms with E-state index in [-0.39, 0.29) is 0 Å². The molecular weight excluding hydrogens is 196 g/mol. The lowest BCUT2D eigenvalue weighted by Gasteiger charge is -2.08. The molecule has 0 aliphatic carbocycles. The Labute approximate surface area is 96.4 Å². The van der Waals surface area contributed by atoms with Crippen LogP contribution in [0.5, 0.6) is 0 Å². The molecule has 0 saturated carbocycles. The molecule has 0 atom stereocenters. The molecule has 0 unspecified atom stereocenters. The summed E-state index contributed by atoms with van der Waals surface area (Å²) in [5, 5.41) is 0. The van der Waals surface area contributed by atoms with Crippen molar-refractivity contribution >= 4 is 0 Å². The van der Waals surface area contributed by atoms with Crippen molar-refractivity contribution in [2.75, 3.05) is 0 Å². The lowest BCUT2D eigenvalue weighted by molar-refractivity contribution is 1.14. The molecule has 2 heteroatoms. The molecule has 0 N–H and O–H groups in total. The molecule has 0 aliphatic rings. The van der Waals surface area contributed by atoms with Crippen LogP contribution in [0.4, 0.5) is 0 Å². The molecule has 0 fully saturated rings. The van der Waals surface area contributed by atoms with Gasteiger partial charge in [0, 0.05) is 23.7 Å². The van der Waals surface area contributed by atoms with Gasteiger partial charge in [0.05, 0.1) is 5.69 Å². The summed E-state index contributed by atoms with van der Waals surface area (Å²) in [4.78, 5) is 8.84. The van der Waals surface area contributed by atoms with Crippen molar-refractivity contribution in [3.05, 3.63) is 46.9 Å². The Balaban J connectivity index is 2.59. The molecule has 82 valence electrons. The van der Waals surface area contributed by atoms with E-state index in [0.29, 0.717) is 0 Å². The van der Waals surface area contributed by atoms with Gasteiger partial charge in [-0.3, -0.25) is 9.97 Å². The minimum atomic E-state index is 1.01. The number of aromatic nitrogens is 2. The predicted octanol–water partition coefficient (Wildman–Crippen LogP) is 3.38. The van der Waals surface area contributed by atoms with Gasteiger partial charge in [0.2, 0.25) is 0 Å². The molecule has 0 saturated heterocycles. The summed E-state index contributed by atoms with van der Waals surface area (Å²) < 4.78 is 0. The SMILES string of the molecule is Cc1ccc(-c2cncc(C)c2C)nc1C. The van der Waals surface area contributed by atoms with E-state index < -0.39 is 0 Å². The van der Waals surface area contributed by atoms with Crippen molar-refractivity contribution in [3.8, 4) is 11.3 Å². The van der Waals surface area contributed by atoms with E-state index in [9.17, 15) is 0 Å². The van der Waals surface area contributed by atoms with Crippen molar-refractivity contribution < 1.29 is 0 Å². The highest BCUT2D eigenvalue weighted by Gasteiger charge is 2.06. The summed E-state index contributed by atoms with van der Waals surface area (Å²) in [7, 11) is 0. The number of pyridine rings is 2. The van der Waals surface area contributed by atoms with Gasteiger partial charge in [-0.15, -0.1) is 0 Å². The second-order valence-electron chi connectivity index (χ2n) is 4.23. The van der Waals surface area contributed by atoms with Crippen LogP contribution >= 0.6 is 0 Å². The van der Waals surface area contributed by atoms with Crippen molar-refractivity contribution in [2.24, 2.45) is 0 Å². The maximum Gasteiger partial charge on any atom is 0.0723 e. The molecule has 16 heavy (non-hydrogen) atoms. The maximum absolute atomic E-state index is 4.60. The fourth-order valence-corrected chi connectivity index (χ4v) is 1.67. The van der Waals surface area contributed by atoms with Gasteiger partial charge in [0.1, 0.15) is 0 Å².